The number of hydrogen-bond acceptors (Lipinski definition) is 4. The molecular weight excluding hydrogens is 312 g/mol. The van der Waals surface area contributed by atoms with Gasteiger partial charge in [0.05, 0.1) is 11.4 Å². The average Bonchev–Trinajstić information content (AvgIpc) is 2.81. The summed E-state index contributed by atoms with van der Waals surface area (Å²) in [6.07, 6.45) is 1.77. The van der Waals surface area contributed by atoms with E-state index in [1.807, 2.05) is 13.8 Å². The number of sulfonamides is 1. The van der Waals surface area contributed by atoms with Crippen molar-refractivity contribution in [3.63, 3.8) is 0 Å². The monoisotopic (exact) mass is 342 g/mol. The second-order valence-corrected chi connectivity index (χ2v) is 8.63. The smallest absolute Gasteiger partial charge is 0.246 e. The molecule has 1 aliphatic rings. The van der Waals surface area contributed by atoms with Crippen LogP contribution in [-0.4, -0.2) is 59.6 Å². The Hall–Kier alpha value is -0.920. The summed E-state index contributed by atoms with van der Waals surface area (Å²) < 4.78 is 29.5. The van der Waals surface area contributed by atoms with Crippen molar-refractivity contribution in [3.8, 4) is 0 Å². The molecule has 1 saturated heterocycles. The lowest BCUT2D eigenvalue weighted by molar-refractivity contribution is 0.140. The fraction of sp³-hybridized carbons (Fsp3) is 0.812. The minimum absolute atomic E-state index is 0.0683. The SMILES string of the molecule is CCn1nc(C)c(S(=O)(=O)N(C)C2CCN(C(C)C)CC2)c1C. The van der Waals surface area contributed by atoms with Crippen molar-refractivity contribution in [1.82, 2.24) is 19.0 Å². The van der Waals surface area contributed by atoms with Crippen molar-refractivity contribution in [2.45, 2.75) is 71.0 Å². The highest BCUT2D eigenvalue weighted by molar-refractivity contribution is 7.89. The summed E-state index contributed by atoms with van der Waals surface area (Å²) in [4.78, 5) is 2.79. The van der Waals surface area contributed by atoms with Crippen LogP contribution in [0.5, 0.6) is 0 Å². The molecule has 0 N–H and O–H groups in total. The number of aryl methyl sites for hydroxylation is 2. The molecular formula is C16H30N4O2S. The van der Waals surface area contributed by atoms with Gasteiger partial charge in [0.25, 0.3) is 0 Å². The Morgan fingerprint density at radius 2 is 1.83 bits per heavy atom. The minimum atomic E-state index is -3.50. The zero-order valence-corrected chi connectivity index (χ0v) is 16.0. The van der Waals surface area contributed by atoms with E-state index >= 15 is 0 Å². The fourth-order valence-electron chi connectivity index (χ4n) is 3.47. The van der Waals surface area contributed by atoms with E-state index in [1.165, 1.54) is 0 Å². The maximum absolute atomic E-state index is 13.1. The van der Waals surface area contributed by atoms with Crippen LogP contribution in [0, 0.1) is 13.8 Å². The van der Waals surface area contributed by atoms with E-state index in [9.17, 15) is 8.42 Å². The first-order valence-corrected chi connectivity index (χ1v) is 9.90. The number of rotatable bonds is 5. The van der Waals surface area contributed by atoms with Gasteiger partial charge < -0.3 is 4.90 Å². The molecule has 0 aliphatic carbocycles. The molecule has 23 heavy (non-hydrogen) atoms. The van der Waals surface area contributed by atoms with Crippen LogP contribution in [-0.2, 0) is 16.6 Å². The molecule has 0 spiro atoms. The third kappa shape index (κ3) is 3.46. The second kappa shape index (κ2) is 6.91. The summed E-state index contributed by atoms with van der Waals surface area (Å²) in [5.74, 6) is 0. The topological polar surface area (TPSA) is 58.4 Å². The predicted molar refractivity (Wildman–Crippen MR) is 92.1 cm³/mol. The molecule has 2 rings (SSSR count). The molecule has 0 amide bonds. The number of nitrogens with zero attached hydrogens (tertiary/aromatic N) is 4. The van der Waals surface area contributed by atoms with Crippen molar-refractivity contribution in [2.24, 2.45) is 0 Å². The van der Waals surface area contributed by atoms with E-state index in [2.05, 4.69) is 23.8 Å². The average molecular weight is 343 g/mol. The van der Waals surface area contributed by atoms with Crippen LogP contribution in [0.2, 0.25) is 0 Å². The van der Waals surface area contributed by atoms with Gasteiger partial charge in [0.2, 0.25) is 10.0 Å². The molecule has 7 heteroatoms. The Labute approximate surface area is 140 Å². The number of piperidine rings is 1. The second-order valence-electron chi connectivity index (χ2n) is 6.70. The summed E-state index contributed by atoms with van der Waals surface area (Å²) in [5.41, 5.74) is 1.33. The lowest BCUT2D eigenvalue weighted by atomic mass is 10.0. The van der Waals surface area contributed by atoms with Crippen molar-refractivity contribution in [1.29, 1.82) is 0 Å². The lowest BCUT2D eigenvalue weighted by Gasteiger charge is -2.38. The maximum Gasteiger partial charge on any atom is 0.246 e. The van der Waals surface area contributed by atoms with Crippen LogP contribution in [0.15, 0.2) is 4.90 Å². The molecule has 0 unspecified atom stereocenters. The highest BCUT2D eigenvalue weighted by Gasteiger charge is 2.34. The Balaban J connectivity index is 2.22. The van der Waals surface area contributed by atoms with E-state index in [1.54, 1.807) is 23.0 Å². The lowest BCUT2D eigenvalue weighted by Crippen LogP contribution is -2.47. The first-order valence-electron chi connectivity index (χ1n) is 8.46. The third-order valence-electron chi connectivity index (χ3n) is 5.00. The summed E-state index contributed by atoms with van der Waals surface area (Å²) in [6.45, 7) is 12.6. The van der Waals surface area contributed by atoms with Gasteiger partial charge in [0.15, 0.2) is 0 Å². The van der Waals surface area contributed by atoms with E-state index < -0.39 is 10.0 Å². The van der Waals surface area contributed by atoms with Crippen LogP contribution < -0.4 is 0 Å². The van der Waals surface area contributed by atoms with Crippen molar-refractivity contribution in [3.05, 3.63) is 11.4 Å². The molecule has 0 bridgehead atoms. The number of likely N-dealkylation sites (tertiary alicyclic amines) is 1. The minimum Gasteiger partial charge on any atom is -0.301 e. The zero-order chi connectivity index (χ0) is 17.4. The molecule has 6 nitrogen and oxygen atoms in total. The predicted octanol–water partition coefficient (Wildman–Crippen LogP) is 2.01. The van der Waals surface area contributed by atoms with Crippen molar-refractivity contribution < 1.29 is 8.42 Å². The van der Waals surface area contributed by atoms with Gasteiger partial charge in [0.1, 0.15) is 4.90 Å². The van der Waals surface area contributed by atoms with Crippen LogP contribution in [0.4, 0.5) is 0 Å². The highest BCUT2D eigenvalue weighted by atomic mass is 32.2. The molecule has 2 heterocycles. The fourth-order valence-corrected chi connectivity index (χ4v) is 5.25. The number of hydrogen-bond donors (Lipinski definition) is 0. The molecule has 132 valence electrons. The van der Waals surface area contributed by atoms with Gasteiger partial charge in [-0.15, -0.1) is 0 Å². The van der Waals surface area contributed by atoms with Gasteiger partial charge >= 0.3 is 0 Å². The molecule has 1 fully saturated rings. The largest absolute Gasteiger partial charge is 0.301 e. The van der Waals surface area contributed by atoms with E-state index in [4.69, 9.17) is 0 Å². The van der Waals surface area contributed by atoms with Crippen LogP contribution in [0.1, 0.15) is 45.0 Å². The molecule has 1 aromatic heterocycles. The van der Waals surface area contributed by atoms with Crippen LogP contribution in [0.25, 0.3) is 0 Å². The molecule has 0 saturated carbocycles. The van der Waals surface area contributed by atoms with E-state index in [0.29, 0.717) is 23.2 Å². The van der Waals surface area contributed by atoms with E-state index in [-0.39, 0.29) is 6.04 Å². The third-order valence-corrected chi connectivity index (χ3v) is 7.16. The summed E-state index contributed by atoms with van der Waals surface area (Å²) >= 11 is 0. The normalized spacial score (nSPS) is 18.3. The molecule has 1 aromatic rings. The first kappa shape index (κ1) is 18.4. The maximum atomic E-state index is 13.1. The summed E-state index contributed by atoms with van der Waals surface area (Å²) in [5, 5.41) is 4.36. The zero-order valence-electron chi connectivity index (χ0n) is 15.2. The van der Waals surface area contributed by atoms with E-state index in [0.717, 1.165) is 31.6 Å². The molecule has 0 atom stereocenters. The Kier molecular flexibility index (Phi) is 5.53. The Morgan fingerprint density at radius 3 is 2.26 bits per heavy atom. The molecule has 1 aliphatic heterocycles. The van der Waals surface area contributed by atoms with Gasteiger partial charge in [-0.05, 0) is 60.5 Å². The van der Waals surface area contributed by atoms with Crippen molar-refractivity contribution in [2.75, 3.05) is 20.1 Å². The van der Waals surface area contributed by atoms with Gasteiger partial charge in [0, 0.05) is 25.7 Å². The van der Waals surface area contributed by atoms with Crippen LogP contribution >= 0.6 is 0 Å². The standard InChI is InChI=1S/C16H30N4O2S/c1-7-20-14(5)16(13(4)17-20)23(21,22)18(6)15-8-10-19(11-9-15)12(2)3/h12,15H,7-11H2,1-6H3. The highest BCUT2D eigenvalue weighted by Crippen LogP contribution is 2.27. The quantitative estimate of drug-likeness (QED) is 0.821. The van der Waals surface area contributed by atoms with Crippen molar-refractivity contribution >= 4 is 10.0 Å². The number of aromatic nitrogens is 2. The van der Waals surface area contributed by atoms with Gasteiger partial charge in [-0.3, -0.25) is 4.68 Å². The summed E-state index contributed by atoms with van der Waals surface area (Å²) in [7, 11) is -1.78. The first-order chi connectivity index (χ1) is 10.7. The van der Waals surface area contributed by atoms with Gasteiger partial charge in [-0.1, -0.05) is 0 Å². The summed E-state index contributed by atoms with van der Waals surface area (Å²) in [6, 6.07) is 0.587. The van der Waals surface area contributed by atoms with Crippen LogP contribution in [0.3, 0.4) is 0 Å². The molecule has 0 radical (unpaired) electrons. The van der Waals surface area contributed by atoms with Gasteiger partial charge in [-0.25, -0.2) is 8.42 Å². The Bertz CT molecular complexity index is 643. The molecule has 0 aromatic carbocycles. The Morgan fingerprint density at radius 1 is 1.26 bits per heavy atom. The van der Waals surface area contributed by atoms with Gasteiger partial charge in [-0.2, -0.15) is 9.40 Å².